The molecule has 10 heteroatoms. The van der Waals surface area contributed by atoms with Gasteiger partial charge in [0.2, 0.25) is 11.8 Å². The molecule has 0 radical (unpaired) electrons. The van der Waals surface area contributed by atoms with E-state index in [1.807, 2.05) is 56.3 Å². The monoisotopic (exact) mass is 701 g/mol. The number of para-hydroxylation sites is 2. The number of hydrogen-bond acceptors (Lipinski definition) is 5. The first-order chi connectivity index (χ1) is 23.7. The summed E-state index contributed by atoms with van der Waals surface area (Å²) in [5.41, 5.74) is 2.77. The summed E-state index contributed by atoms with van der Waals surface area (Å²) in [7, 11) is -4.26. The Morgan fingerprint density at radius 2 is 1.51 bits per heavy atom. The number of aryl methyl sites for hydroxylation is 1. The highest BCUT2D eigenvalue weighted by molar-refractivity contribution is 7.92. The number of carbonyl (C=O) groups excluding carboxylic acids is 2. The lowest BCUT2D eigenvalue weighted by Crippen LogP contribution is -2.55. The maximum atomic E-state index is 14.8. The van der Waals surface area contributed by atoms with E-state index < -0.39 is 28.5 Å². The molecule has 1 N–H and O–H groups in total. The Hall–Kier alpha value is -4.34. The highest BCUT2D eigenvalue weighted by Crippen LogP contribution is 2.33. The number of carbonyl (C=O) groups is 2. The van der Waals surface area contributed by atoms with Crippen LogP contribution in [0.2, 0.25) is 5.02 Å². The maximum absolute atomic E-state index is 14.8. The van der Waals surface area contributed by atoms with Crippen molar-refractivity contribution in [2.24, 2.45) is 0 Å². The minimum atomic E-state index is -4.26. The van der Waals surface area contributed by atoms with Crippen LogP contribution in [-0.4, -0.2) is 50.4 Å². The zero-order valence-electron chi connectivity index (χ0n) is 28.1. The van der Waals surface area contributed by atoms with Crippen molar-refractivity contribution >= 4 is 39.1 Å². The van der Waals surface area contributed by atoms with Crippen molar-refractivity contribution in [1.29, 1.82) is 0 Å². The van der Waals surface area contributed by atoms with Gasteiger partial charge in [0.15, 0.2) is 0 Å². The van der Waals surface area contributed by atoms with Crippen LogP contribution in [0, 0.1) is 6.92 Å². The van der Waals surface area contributed by atoms with E-state index in [1.165, 1.54) is 17.0 Å². The highest BCUT2D eigenvalue weighted by atomic mass is 35.5. The topological polar surface area (TPSA) is 96.0 Å². The molecule has 49 heavy (non-hydrogen) atoms. The quantitative estimate of drug-likeness (QED) is 0.149. The van der Waals surface area contributed by atoms with Crippen LogP contribution >= 0.6 is 11.6 Å². The third kappa shape index (κ3) is 9.43. The summed E-state index contributed by atoms with van der Waals surface area (Å²) in [6.45, 7) is 3.50. The second-order valence-corrected chi connectivity index (χ2v) is 14.7. The van der Waals surface area contributed by atoms with Gasteiger partial charge in [0.1, 0.15) is 18.3 Å². The summed E-state index contributed by atoms with van der Waals surface area (Å²) in [5.74, 6) is -0.467. The Balaban J connectivity index is 1.59. The van der Waals surface area contributed by atoms with Gasteiger partial charge in [-0.15, -0.1) is 0 Å². The summed E-state index contributed by atoms with van der Waals surface area (Å²) >= 11 is 6.20. The van der Waals surface area contributed by atoms with Gasteiger partial charge in [0, 0.05) is 24.0 Å². The molecule has 2 amide bonds. The molecule has 5 rings (SSSR count). The van der Waals surface area contributed by atoms with Gasteiger partial charge in [0.05, 0.1) is 17.2 Å². The Labute approximate surface area is 295 Å². The first-order valence-corrected chi connectivity index (χ1v) is 18.7. The molecule has 0 unspecified atom stereocenters. The van der Waals surface area contributed by atoms with Crippen molar-refractivity contribution in [2.45, 2.75) is 75.9 Å². The van der Waals surface area contributed by atoms with Gasteiger partial charge < -0.3 is 15.0 Å². The van der Waals surface area contributed by atoms with Crippen LogP contribution in [0.3, 0.4) is 0 Å². The predicted molar refractivity (Wildman–Crippen MR) is 194 cm³/mol. The molecule has 1 aliphatic rings. The van der Waals surface area contributed by atoms with Crippen molar-refractivity contribution in [3.63, 3.8) is 0 Å². The number of nitrogens with zero attached hydrogens (tertiary/aromatic N) is 2. The van der Waals surface area contributed by atoms with Gasteiger partial charge in [-0.2, -0.15) is 0 Å². The summed E-state index contributed by atoms with van der Waals surface area (Å²) < 4.78 is 35.8. The Bertz CT molecular complexity index is 1790. The van der Waals surface area contributed by atoms with Gasteiger partial charge in [-0.3, -0.25) is 13.9 Å². The van der Waals surface area contributed by atoms with Crippen LogP contribution in [0.5, 0.6) is 5.75 Å². The zero-order valence-corrected chi connectivity index (χ0v) is 29.6. The number of benzene rings is 4. The van der Waals surface area contributed by atoms with Crippen LogP contribution in [-0.2, 0) is 32.6 Å². The van der Waals surface area contributed by atoms with E-state index in [9.17, 15) is 18.0 Å². The number of hydrogen-bond donors (Lipinski definition) is 1. The highest BCUT2D eigenvalue weighted by Gasteiger charge is 2.36. The van der Waals surface area contributed by atoms with Crippen molar-refractivity contribution in [2.75, 3.05) is 17.5 Å². The lowest BCUT2D eigenvalue weighted by Gasteiger charge is -2.35. The predicted octanol–water partition coefficient (Wildman–Crippen LogP) is 7.33. The molecule has 4 aromatic rings. The molecule has 0 aliphatic heterocycles. The van der Waals surface area contributed by atoms with Crippen molar-refractivity contribution in [3.05, 3.63) is 125 Å². The van der Waals surface area contributed by atoms with Crippen LogP contribution in [0.4, 0.5) is 5.69 Å². The maximum Gasteiger partial charge on any atom is 0.264 e. The summed E-state index contributed by atoms with van der Waals surface area (Å²) in [6.07, 6.45) is 5.21. The van der Waals surface area contributed by atoms with E-state index in [0.29, 0.717) is 17.4 Å². The largest absolute Gasteiger partial charge is 0.492 e. The first-order valence-electron chi connectivity index (χ1n) is 16.8. The van der Waals surface area contributed by atoms with E-state index in [4.69, 9.17) is 16.3 Å². The average Bonchev–Trinajstić information content (AvgIpc) is 3.11. The van der Waals surface area contributed by atoms with Gasteiger partial charge in [-0.05, 0) is 74.2 Å². The first kappa shape index (κ1) is 36.0. The number of amides is 2. The molecule has 0 bridgehead atoms. The van der Waals surface area contributed by atoms with Gasteiger partial charge >= 0.3 is 0 Å². The normalized spacial score (nSPS) is 14.1. The zero-order chi connectivity index (χ0) is 34.8. The van der Waals surface area contributed by atoms with Gasteiger partial charge in [-0.25, -0.2) is 8.42 Å². The van der Waals surface area contributed by atoms with Crippen LogP contribution in [0.15, 0.2) is 108 Å². The van der Waals surface area contributed by atoms with E-state index in [1.54, 1.807) is 48.5 Å². The molecule has 1 fully saturated rings. The lowest BCUT2D eigenvalue weighted by molar-refractivity contribution is -0.140. The van der Waals surface area contributed by atoms with Crippen LogP contribution in [0.25, 0.3) is 0 Å². The molecule has 0 spiro atoms. The second kappa shape index (κ2) is 16.9. The smallest absolute Gasteiger partial charge is 0.264 e. The van der Waals surface area contributed by atoms with Gasteiger partial charge in [0.25, 0.3) is 10.0 Å². The molecule has 0 saturated heterocycles. The molecule has 1 saturated carbocycles. The number of nitrogens with one attached hydrogen (secondary N) is 1. The summed E-state index contributed by atoms with van der Waals surface area (Å²) in [6, 6.07) is 29.0. The van der Waals surface area contributed by atoms with E-state index in [0.717, 1.165) is 53.1 Å². The Morgan fingerprint density at radius 3 is 2.18 bits per heavy atom. The van der Waals surface area contributed by atoms with E-state index in [-0.39, 0.29) is 35.5 Å². The average molecular weight is 702 g/mol. The molecule has 8 nitrogen and oxygen atoms in total. The molecule has 4 aromatic carbocycles. The van der Waals surface area contributed by atoms with Gasteiger partial charge in [-0.1, -0.05) is 103 Å². The van der Waals surface area contributed by atoms with Crippen molar-refractivity contribution in [1.82, 2.24) is 10.2 Å². The third-order valence-corrected chi connectivity index (χ3v) is 10.8. The standard InChI is InChI=1S/C39H44ClN3O5S/c1-3-48-37-17-11-10-16-35(37)43(49(46,47)34-24-18-29(2)19-25-34)28-38(44)42(27-31-20-22-32(40)23-21-31)36(26-30-12-6-4-7-13-30)39(45)41-33-14-8-5-9-15-33/h4,6-7,10-13,16-25,33,36H,3,5,8-9,14-15,26-28H2,1-2H3,(H,41,45)/t36-/m0/s1. The minimum absolute atomic E-state index is 0.0171. The number of halogens is 1. The molecule has 1 aliphatic carbocycles. The van der Waals surface area contributed by atoms with E-state index in [2.05, 4.69) is 5.32 Å². The van der Waals surface area contributed by atoms with E-state index >= 15 is 0 Å². The lowest BCUT2D eigenvalue weighted by atomic mass is 9.94. The molecule has 0 aromatic heterocycles. The molecular formula is C39H44ClN3O5S. The fourth-order valence-corrected chi connectivity index (χ4v) is 7.73. The third-order valence-electron chi connectivity index (χ3n) is 8.81. The Morgan fingerprint density at radius 1 is 0.857 bits per heavy atom. The second-order valence-electron chi connectivity index (χ2n) is 12.4. The van der Waals surface area contributed by atoms with Crippen LogP contribution < -0.4 is 14.4 Å². The molecule has 0 heterocycles. The number of sulfonamides is 1. The fraction of sp³-hybridized carbons (Fsp3) is 0.333. The van der Waals surface area contributed by atoms with Crippen molar-refractivity contribution in [3.8, 4) is 5.75 Å². The minimum Gasteiger partial charge on any atom is -0.492 e. The number of ether oxygens (including phenoxy) is 1. The number of rotatable bonds is 14. The fourth-order valence-electron chi connectivity index (χ4n) is 6.18. The summed E-state index contributed by atoms with van der Waals surface area (Å²) in [5, 5.41) is 3.78. The summed E-state index contributed by atoms with van der Waals surface area (Å²) in [4.78, 5) is 30.6. The number of anilines is 1. The van der Waals surface area contributed by atoms with Crippen LogP contribution in [0.1, 0.15) is 55.7 Å². The SMILES string of the molecule is CCOc1ccccc1N(CC(=O)N(Cc1ccc(Cl)cc1)[C@@H](Cc1ccccc1)C(=O)NC1CCCCC1)S(=O)(=O)c1ccc(C)cc1. The Kier molecular flexibility index (Phi) is 12.4. The molecular weight excluding hydrogens is 658 g/mol. The molecule has 1 atom stereocenters. The van der Waals surface area contributed by atoms with Crippen molar-refractivity contribution < 1.29 is 22.7 Å². The molecule has 258 valence electrons.